The average Bonchev–Trinajstić information content (AvgIpc) is 3.04. The van der Waals surface area contributed by atoms with E-state index in [1.165, 1.54) is 18.4 Å². The molecule has 8 heteroatoms. The zero-order valence-corrected chi connectivity index (χ0v) is 16.6. The summed E-state index contributed by atoms with van der Waals surface area (Å²) in [4.78, 5) is 28.6. The quantitative estimate of drug-likeness (QED) is 0.525. The van der Waals surface area contributed by atoms with Gasteiger partial charge in [-0.2, -0.15) is 0 Å². The predicted octanol–water partition coefficient (Wildman–Crippen LogP) is 4.85. The highest BCUT2D eigenvalue weighted by atomic mass is 127. The number of methoxy groups -OCH3 is 1. The maximum atomic E-state index is 12.7. The number of benzene rings is 2. The topological polar surface area (TPSA) is 80.3 Å². The Kier molecular flexibility index (Phi) is 5.84. The molecule has 26 heavy (non-hydrogen) atoms. The van der Waals surface area contributed by atoms with Gasteiger partial charge in [-0.25, -0.2) is 9.78 Å². The second-order valence-electron chi connectivity index (χ2n) is 5.11. The van der Waals surface area contributed by atoms with Crippen LogP contribution in [0.25, 0.3) is 11.3 Å². The van der Waals surface area contributed by atoms with Crippen molar-refractivity contribution >= 4 is 56.1 Å². The molecular weight excluding hydrogens is 465 g/mol. The predicted molar refractivity (Wildman–Crippen MR) is 111 cm³/mol. The number of amides is 2. The molecular formula is C18H14IN3O3S. The van der Waals surface area contributed by atoms with Crippen molar-refractivity contribution in [2.24, 2.45) is 0 Å². The first-order valence-electron chi connectivity index (χ1n) is 7.55. The Bertz CT molecular complexity index is 944. The lowest BCUT2D eigenvalue weighted by Gasteiger charge is -2.06. The molecule has 0 saturated heterocycles. The number of carbonyl (C=O) groups is 2. The molecule has 1 heterocycles. The van der Waals surface area contributed by atoms with Gasteiger partial charge in [0, 0.05) is 9.13 Å². The summed E-state index contributed by atoms with van der Waals surface area (Å²) >= 11 is 3.29. The lowest BCUT2D eigenvalue weighted by atomic mass is 10.1. The number of halogens is 1. The number of nitrogens with one attached hydrogen (secondary N) is 2. The van der Waals surface area contributed by atoms with E-state index in [0.717, 1.165) is 9.13 Å². The molecule has 0 aliphatic heterocycles. The second-order valence-corrected chi connectivity index (χ2v) is 7.27. The summed E-state index contributed by atoms with van der Waals surface area (Å²) in [5.74, 6) is -0.236. The lowest BCUT2D eigenvalue weighted by molar-refractivity contribution is 0.102. The van der Waals surface area contributed by atoms with Crippen LogP contribution in [0, 0.1) is 3.57 Å². The Morgan fingerprint density at radius 3 is 2.42 bits per heavy atom. The fourth-order valence-electron chi connectivity index (χ4n) is 2.20. The summed E-state index contributed by atoms with van der Waals surface area (Å²) < 4.78 is 5.45. The molecule has 3 aromatic rings. The molecule has 0 aliphatic rings. The first kappa shape index (κ1) is 18.3. The van der Waals surface area contributed by atoms with Crippen molar-refractivity contribution in [1.82, 2.24) is 4.98 Å². The van der Waals surface area contributed by atoms with Crippen molar-refractivity contribution in [3.05, 3.63) is 63.7 Å². The average molecular weight is 479 g/mol. The summed E-state index contributed by atoms with van der Waals surface area (Å²) in [5, 5.41) is 6.33. The van der Waals surface area contributed by atoms with Gasteiger partial charge in [0.2, 0.25) is 0 Å². The smallest absolute Gasteiger partial charge is 0.413 e. The highest BCUT2D eigenvalue weighted by molar-refractivity contribution is 14.1. The zero-order valence-electron chi connectivity index (χ0n) is 13.7. The van der Waals surface area contributed by atoms with Crippen LogP contribution in [-0.4, -0.2) is 24.1 Å². The number of rotatable bonds is 4. The van der Waals surface area contributed by atoms with Gasteiger partial charge in [0.15, 0.2) is 5.13 Å². The number of hydrogen-bond acceptors (Lipinski definition) is 5. The Hall–Kier alpha value is -2.46. The van der Waals surface area contributed by atoms with E-state index in [4.69, 9.17) is 0 Å². The minimum absolute atomic E-state index is 0.236. The van der Waals surface area contributed by atoms with Crippen LogP contribution >= 0.6 is 33.9 Å². The van der Waals surface area contributed by atoms with E-state index in [0.29, 0.717) is 21.4 Å². The third-order valence-corrected chi connectivity index (χ3v) is 5.24. The van der Waals surface area contributed by atoms with Crippen LogP contribution in [0.2, 0.25) is 0 Å². The SMILES string of the molecule is COC(=O)Nc1nc(-c2ccccc2)c(NC(=O)c2ccccc2I)s1. The Morgan fingerprint density at radius 1 is 1.04 bits per heavy atom. The van der Waals surface area contributed by atoms with E-state index in [9.17, 15) is 9.59 Å². The fourth-order valence-corrected chi connectivity index (χ4v) is 3.71. The summed E-state index contributed by atoms with van der Waals surface area (Å²) in [6, 6.07) is 16.7. The van der Waals surface area contributed by atoms with Gasteiger partial charge in [-0.05, 0) is 34.7 Å². The van der Waals surface area contributed by atoms with Crippen LogP contribution in [-0.2, 0) is 4.74 Å². The van der Waals surface area contributed by atoms with Gasteiger partial charge < -0.3 is 10.1 Å². The minimum atomic E-state index is -0.617. The van der Waals surface area contributed by atoms with Crippen LogP contribution in [0.1, 0.15) is 10.4 Å². The van der Waals surface area contributed by atoms with Gasteiger partial charge in [0.25, 0.3) is 5.91 Å². The molecule has 0 fully saturated rings. The number of nitrogens with zero attached hydrogens (tertiary/aromatic N) is 1. The maximum Gasteiger partial charge on any atom is 0.413 e. The molecule has 0 spiro atoms. The largest absolute Gasteiger partial charge is 0.453 e. The lowest BCUT2D eigenvalue weighted by Crippen LogP contribution is -2.13. The van der Waals surface area contributed by atoms with Gasteiger partial charge in [-0.15, -0.1) is 0 Å². The number of ether oxygens (including phenoxy) is 1. The van der Waals surface area contributed by atoms with E-state index in [-0.39, 0.29) is 5.91 Å². The number of aromatic nitrogens is 1. The molecule has 0 bridgehead atoms. The van der Waals surface area contributed by atoms with Gasteiger partial charge >= 0.3 is 6.09 Å². The molecule has 2 N–H and O–H groups in total. The van der Waals surface area contributed by atoms with Crippen LogP contribution in [0.3, 0.4) is 0 Å². The summed E-state index contributed by atoms with van der Waals surface area (Å²) in [6.45, 7) is 0. The minimum Gasteiger partial charge on any atom is -0.453 e. The van der Waals surface area contributed by atoms with Crippen LogP contribution in [0.5, 0.6) is 0 Å². The number of carbonyl (C=O) groups excluding carboxylic acids is 2. The number of thiazole rings is 1. The normalized spacial score (nSPS) is 10.2. The zero-order chi connectivity index (χ0) is 18.5. The van der Waals surface area contributed by atoms with Crippen molar-refractivity contribution in [3.8, 4) is 11.3 Å². The summed E-state index contributed by atoms with van der Waals surface area (Å²) in [6.07, 6.45) is -0.617. The molecule has 2 amide bonds. The molecule has 1 aromatic heterocycles. The molecule has 0 saturated carbocycles. The van der Waals surface area contributed by atoms with Gasteiger partial charge in [0.05, 0.1) is 12.7 Å². The molecule has 3 rings (SSSR count). The Morgan fingerprint density at radius 2 is 1.73 bits per heavy atom. The van der Waals surface area contributed by atoms with Crippen molar-refractivity contribution in [2.45, 2.75) is 0 Å². The van der Waals surface area contributed by atoms with E-state index >= 15 is 0 Å². The molecule has 2 aromatic carbocycles. The molecule has 132 valence electrons. The third kappa shape index (κ3) is 4.20. The van der Waals surface area contributed by atoms with E-state index in [2.05, 4.69) is 42.9 Å². The second kappa shape index (κ2) is 8.28. The van der Waals surface area contributed by atoms with Crippen LogP contribution in [0.4, 0.5) is 14.9 Å². The highest BCUT2D eigenvalue weighted by Gasteiger charge is 2.18. The maximum absolute atomic E-state index is 12.7. The molecule has 6 nitrogen and oxygen atoms in total. The number of anilines is 2. The third-order valence-electron chi connectivity index (χ3n) is 3.41. The molecule has 0 radical (unpaired) electrons. The van der Waals surface area contributed by atoms with Gasteiger partial charge in [-0.3, -0.25) is 10.1 Å². The number of hydrogen-bond donors (Lipinski definition) is 2. The molecule has 0 unspecified atom stereocenters. The monoisotopic (exact) mass is 479 g/mol. The standard InChI is InChI=1S/C18H14IN3O3S/c1-25-18(24)22-17-20-14(11-7-3-2-4-8-11)16(26-17)21-15(23)12-9-5-6-10-13(12)19/h2-10H,1H3,(H,21,23)(H,20,22,24). The Labute approximate surface area is 167 Å². The van der Waals surface area contributed by atoms with E-state index < -0.39 is 6.09 Å². The first-order chi connectivity index (χ1) is 12.6. The Balaban J connectivity index is 1.95. The van der Waals surface area contributed by atoms with Crippen molar-refractivity contribution in [1.29, 1.82) is 0 Å². The van der Waals surface area contributed by atoms with Crippen molar-refractivity contribution in [2.75, 3.05) is 17.7 Å². The van der Waals surface area contributed by atoms with E-state index in [1.807, 2.05) is 48.5 Å². The fraction of sp³-hybridized carbons (Fsp3) is 0.0556. The van der Waals surface area contributed by atoms with Crippen LogP contribution < -0.4 is 10.6 Å². The van der Waals surface area contributed by atoms with E-state index in [1.54, 1.807) is 6.07 Å². The highest BCUT2D eigenvalue weighted by Crippen LogP contribution is 2.36. The molecule has 0 aliphatic carbocycles. The van der Waals surface area contributed by atoms with Gasteiger partial charge in [-0.1, -0.05) is 53.8 Å². The molecule has 0 atom stereocenters. The van der Waals surface area contributed by atoms with Crippen LogP contribution in [0.15, 0.2) is 54.6 Å². The van der Waals surface area contributed by atoms with Crippen molar-refractivity contribution in [3.63, 3.8) is 0 Å². The first-order valence-corrected chi connectivity index (χ1v) is 9.45. The summed E-state index contributed by atoms with van der Waals surface area (Å²) in [7, 11) is 1.28. The van der Waals surface area contributed by atoms with Gasteiger partial charge in [0.1, 0.15) is 10.7 Å². The summed E-state index contributed by atoms with van der Waals surface area (Å²) in [5.41, 5.74) is 1.99. The van der Waals surface area contributed by atoms with Crippen molar-refractivity contribution < 1.29 is 14.3 Å².